The molecule has 0 saturated carbocycles. The molecule has 3 aromatic rings. The molecule has 0 bridgehead atoms. The van der Waals surface area contributed by atoms with Crippen molar-refractivity contribution < 1.29 is 19.6 Å². The summed E-state index contributed by atoms with van der Waals surface area (Å²) in [5.74, 6) is 0. The molecule has 0 aromatic heterocycles. The number of hydrogen-bond donors (Lipinski definition) is 2. The fraction of sp³-hybridized carbons (Fsp3) is 0.296. The minimum absolute atomic E-state index is 0.0209. The molecule has 0 unspecified atom stereocenters. The maximum Gasteiger partial charge on any atom is 0.230 e. The van der Waals surface area contributed by atoms with Crippen molar-refractivity contribution in [2.75, 3.05) is 26.3 Å². The van der Waals surface area contributed by atoms with Gasteiger partial charge in [-0.25, -0.2) is 0 Å². The van der Waals surface area contributed by atoms with Gasteiger partial charge < -0.3 is 14.8 Å². The van der Waals surface area contributed by atoms with Crippen molar-refractivity contribution in [1.29, 1.82) is 0 Å². The van der Waals surface area contributed by atoms with Crippen LogP contribution in [0.1, 0.15) is 32.6 Å². The third-order valence-electron chi connectivity index (χ3n) is 6.08. The second-order valence-electron chi connectivity index (χ2n) is 8.30. The van der Waals surface area contributed by atoms with Gasteiger partial charge in [-0.2, -0.15) is 0 Å². The van der Waals surface area contributed by atoms with E-state index in [9.17, 15) is 19.6 Å². The Morgan fingerprint density at radius 2 is 1.30 bits per heavy atom. The molecule has 6 heteroatoms. The quantitative estimate of drug-likeness (QED) is 0.448. The lowest BCUT2D eigenvalue weighted by Crippen LogP contribution is -2.30. The highest BCUT2D eigenvalue weighted by Crippen LogP contribution is 2.48. The van der Waals surface area contributed by atoms with E-state index in [1.807, 2.05) is 43.9 Å². The smallest absolute Gasteiger partial charge is 0.230 e. The zero-order valence-electron chi connectivity index (χ0n) is 19.5. The zero-order chi connectivity index (χ0) is 24.0. The van der Waals surface area contributed by atoms with Gasteiger partial charge in [0.05, 0.1) is 13.2 Å². The highest BCUT2D eigenvalue weighted by molar-refractivity contribution is 7.93. The molecule has 0 atom stereocenters. The Hall–Kier alpha value is -2.56. The molecule has 0 heterocycles. The van der Waals surface area contributed by atoms with Crippen LogP contribution in [-0.2, 0) is 11.1 Å². The fourth-order valence-electron chi connectivity index (χ4n) is 4.39. The van der Waals surface area contributed by atoms with Crippen molar-refractivity contribution in [2.45, 2.75) is 27.3 Å². The predicted molar refractivity (Wildman–Crippen MR) is 134 cm³/mol. The lowest BCUT2D eigenvalue weighted by molar-refractivity contribution is 0.107. The van der Waals surface area contributed by atoms with Gasteiger partial charge in [0.1, 0.15) is 0 Å². The van der Waals surface area contributed by atoms with Crippen LogP contribution in [0.25, 0.3) is 0 Å². The summed E-state index contributed by atoms with van der Waals surface area (Å²) in [6.45, 7) is 7.07. The Morgan fingerprint density at radius 1 is 0.818 bits per heavy atom. The van der Waals surface area contributed by atoms with Gasteiger partial charge in [0.15, 0.2) is 0 Å². The monoisotopic (exact) mass is 465 g/mol. The number of aryl methyl sites for hydroxylation is 2. The molecule has 0 fully saturated rings. The van der Waals surface area contributed by atoms with Crippen LogP contribution in [0.3, 0.4) is 0 Å². The van der Waals surface area contributed by atoms with Crippen LogP contribution in [0.15, 0.2) is 66.7 Å². The highest BCUT2D eigenvalue weighted by Gasteiger charge is 2.38. The van der Waals surface area contributed by atoms with E-state index in [1.165, 1.54) is 0 Å². The van der Waals surface area contributed by atoms with Crippen LogP contribution in [0.4, 0.5) is 0 Å². The van der Waals surface area contributed by atoms with Gasteiger partial charge in [0.2, 0.25) is 12.7 Å². The molecule has 0 spiro atoms. The van der Waals surface area contributed by atoms with Crippen molar-refractivity contribution in [3.63, 3.8) is 0 Å². The second kappa shape index (κ2) is 11.0. The Morgan fingerprint density at radius 3 is 1.76 bits per heavy atom. The lowest BCUT2D eigenvalue weighted by atomic mass is 9.93. The van der Waals surface area contributed by atoms with Crippen molar-refractivity contribution in [3.05, 3.63) is 94.5 Å². The average molecular weight is 466 g/mol. The van der Waals surface area contributed by atoms with E-state index in [0.29, 0.717) is 35.8 Å². The topological polar surface area (TPSA) is 77.8 Å². The number of nitrogens with zero attached hydrogens (tertiary/aromatic N) is 1. The minimum Gasteiger partial charge on any atom is -0.395 e. The largest absolute Gasteiger partial charge is 0.395 e. The molecule has 0 radical (unpaired) electrons. The molecule has 33 heavy (non-hydrogen) atoms. The maximum absolute atomic E-state index is 14.6. The van der Waals surface area contributed by atoms with Crippen molar-refractivity contribution in [1.82, 2.24) is 4.90 Å². The van der Waals surface area contributed by atoms with Crippen molar-refractivity contribution in [3.8, 4) is 0 Å². The van der Waals surface area contributed by atoms with Gasteiger partial charge in [0.25, 0.3) is 0 Å². The molecule has 174 valence electrons. The van der Waals surface area contributed by atoms with E-state index in [4.69, 9.17) is 0 Å². The van der Waals surface area contributed by atoms with Crippen molar-refractivity contribution in [2.24, 2.45) is 0 Å². The average Bonchev–Trinajstić information content (AvgIpc) is 2.82. The van der Waals surface area contributed by atoms with E-state index >= 15 is 0 Å². The Balaban J connectivity index is 2.18. The summed E-state index contributed by atoms with van der Waals surface area (Å²) < 4.78 is 14.6. The van der Waals surface area contributed by atoms with Gasteiger partial charge in [-0.1, -0.05) is 66.7 Å². The van der Waals surface area contributed by atoms with Crippen molar-refractivity contribution >= 4 is 23.3 Å². The van der Waals surface area contributed by atoms with Crippen LogP contribution in [-0.4, -0.2) is 46.9 Å². The summed E-state index contributed by atoms with van der Waals surface area (Å²) in [5, 5.41) is 19.9. The van der Waals surface area contributed by atoms with Gasteiger partial charge in [-0.3, -0.25) is 9.69 Å². The first-order chi connectivity index (χ1) is 15.8. The third kappa shape index (κ3) is 5.18. The first kappa shape index (κ1) is 25.1. The molecular weight excluding hydrogens is 433 g/mol. The molecular formula is C27H32NO4P. The molecule has 0 saturated heterocycles. The Labute approximate surface area is 196 Å². The van der Waals surface area contributed by atoms with Crippen LogP contribution < -0.4 is 10.6 Å². The number of aliphatic hydroxyl groups excluding tert-OH is 2. The fourth-order valence-corrected chi connectivity index (χ4v) is 7.00. The highest BCUT2D eigenvalue weighted by atomic mass is 31.2. The van der Waals surface area contributed by atoms with E-state index in [2.05, 4.69) is 0 Å². The van der Waals surface area contributed by atoms with Gasteiger partial charge >= 0.3 is 0 Å². The number of carbonyl (C=O) groups excluding carboxylic acids is 1. The number of hydrogen-bond acceptors (Lipinski definition) is 5. The Bertz CT molecular complexity index is 1100. The third-order valence-corrected chi connectivity index (χ3v) is 8.93. The standard InChI is InChI=1S/C27H32NO4P/c1-20-18-21(2)26(22(3)25(20)19-28(14-16-29)15-17-30)27(31)33(32,23-10-6-4-7-11-23)24-12-8-5-9-13-24/h4-13,18,29-30H,14-17,19H2,1-3H3. The molecule has 2 N–H and O–H groups in total. The second-order valence-corrected chi connectivity index (χ2v) is 11.0. The number of carbonyl (C=O) groups is 1. The summed E-state index contributed by atoms with van der Waals surface area (Å²) >= 11 is 0. The van der Waals surface area contributed by atoms with Crippen LogP contribution >= 0.6 is 7.14 Å². The molecule has 0 aliphatic heterocycles. The normalized spacial score (nSPS) is 11.7. The summed E-state index contributed by atoms with van der Waals surface area (Å²) in [6.07, 6.45) is 0. The number of benzene rings is 3. The van der Waals surface area contributed by atoms with Crippen LogP contribution in [0, 0.1) is 20.8 Å². The lowest BCUT2D eigenvalue weighted by Gasteiger charge is -2.26. The van der Waals surface area contributed by atoms with E-state index < -0.39 is 7.14 Å². The number of rotatable bonds is 10. The molecule has 3 aromatic carbocycles. The van der Waals surface area contributed by atoms with E-state index in [0.717, 1.165) is 22.3 Å². The summed E-state index contributed by atoms with van der Waals surface area (Å²) in [4.78, 5) is 16.1. The first-order valence-electron chi connectivity index (χ1n) is 11.1. The zero-order valence-corrected chi connectivity index (χ0v) is 20.4. The molecule has 0 aliphatic rings. The van der Waals surface area contributed by atoms with E-state index in [-0.39, 0.29) is 18.7 Å². The minimum atomic E-state index is -3.62. The molecule has 5 nitrogen and oxygen atoms in total. The van der Waals surface area contributed by atoms with Crippen LogP contribution in [0.5, 0.6) is 0 Å². The number of aliphatic hydroxyl groups is 2. The van der Waals surface area contributed by atoms with Gasteiger partial charge in [-0.05, 0) is 43.0 Å². The maximum atomic E-state index is 14.6. The van der Waals surface area contributed by atoms with Gasteiger partial charge in [-0.15, -0.1) is 0 Å². The summed E-state index contributed by atoms with van der Waals surface area (Å²) in [5.41, 5.74) is 3.69. The van der Waals surface area contributed by atoms with E-state index in [1.54, 1.807) is 48.5 Å². The van der Waals surface area contributed by atoms with Crippen LogP contribution in [0.2, 0.25) is 0 Å². The molecule has 3 rings (SSSR count). The molecule has 0 aliphatic carbocycles. The first-order valence-corrected chi connectivity index (χ1v) is 12.8. The predicted octanol–water partition coefficient (Wildman–Crippen LogP) is 3.55. The van der Waals surface area contributed by atoms with Gasteiger partial charge in [0, 0.05) is 35.8 Å². The summed E-state index contributed by atoms with van der Waals surface area (Å²) in [6, 6.07) is 19.9. The Kier molecular flexibility index (Phi) is 8.39. The summed E-state index contributed by atoms with van der Waals surface area (Å²) in [7, 11) is -3.62. The molecule has 0 amide bonds. The SMILES string of the molecule is Cc1cc(C)c(C(=O)P(=O)(c2ccccc2)c2ccccc2)c(C)c1CN(CCO)CCO.